The summed E-state index contributed by atoms with van der Waals surface area (Å²) in [5.41, 5.74) is 6.36. The van der Waals surface area contributed by atoms with Crippen molar-refractivity contribution in [2.45, 2.75) is 13.0 Å². The molecule has 1 aliphatic heterocycles. The summed E-state index contributed by atoms with van der Waals surface area (Å²) in [6.45, 7) is 1.66. The Kier molecular flexibility index (Phi) is 3.73. The normalized spacial score (nSPS) is 16.0. The summed E-state index contributed by atoms with van der Waals surface area (Å²) in [4.78, 5) is 27.5. The molecule has 1 aromatic carbocycles. The third-order valence-corrected chi connectivity index (χ3v) is 4.29. The fraction of sp³-hybridized carbons (Fsp3) is 0.118. The molecule has 10 nitrogen and oxygen atoms in total. The second-order valence-electron chi connectivity index (χ2n) is 5.93. The molecule has 2 aromatic heterocycles. The maximum absolute atomic E-state index is 12.1. The molecule has 0 radical (unpaired) electrons. The fourth-order valence-corrected chi connectivity index (χ4v) is 3.15. The standard InChI is InChI=1S/C17H14N6O4/c1-9-13(15(18)24)14(10-5-2-3-6-11(10)23(25)26)22-17(19-9)20-16(21-22)12-7-4-8-27-12/h2-8,14H,1H3,(H2,18,24)(H,19,20,21). The molecule has 0 aliphatic carbocycles. The predicted octanol–water partition coefficient (Wildman–Crippen LogP) is 2.22. The maximum Gasteiger partial charge on any atom is 0.275 e. The van der Waals surface area contributed by atoms with Crippen LogP contribution in [-0.4, -0.2) is 25.6 Å². The lowest BCUT2D eigenvalue weighted by Gasteiger charge is -2.27. The minimum absolute atomic E-state index is 0.142. The molecule has 27 heavy (non-hydrogen) atoms. The number of anilines is 1. The Morgan fingerprint density at radius 2 is 2.11 bits per heavy atom. The second-order valence-corrected chi connectivity index (χ2v) is 5.93. The van der Waals surface area contributed by atoms with Crippen LogP contribution in [0.2, 0.25) is 0 Å². The Labute approximate surface area is 152 Å². The number of carbonyl (C=O) groups is 1. The van der Waals surface area contributed by atoms with Gasteiger partial charge in [0.15, 0.2) is 5.76 Å². The molecule has 1 atom stereocenters. The summed E-state index contributed by atoms with van der Waals surface area (Å²) < 4.78 is 6.73. The molecule has 4 rings (SSSR count). The quantitative estimate of drug-likeness (QED) is 0.532. The van der Waals surface area contributed by atoms with E-state index in [1.807, 2.05) is 0 Å². The van der Waals surface area contributed by atoms with Crippen molar-refractivity contribution >= 4 is 17.5 Å². The number of furan rings is 1. The molecule has 136 valence electrons. The lowest BCUT2D eigenvalue weighted by Crippen LogP contribution is -2.32. The van der Waals surface area contributed by atoms with Crippen molar-refractivity contribution in [3.63, 3.8) is 0 Å². The average Bonchev–Trinajstić information content (AvgIpc) is 3.29. The van der Waals surface area contributed by atoms with Crippen molar-refractivity contribution in [2.24, 2.45) is 5.73 Å². The van der Waals surface area contributed by atoms with Gasteiger partial charge in [-0.3, -0.25) is 14.9 Å². The Hall–Kier alpha value is -3.95. The number of para-hydroxylation sites is 1. The van der Waals surface area contributed by atoms with Crippen molar-refractivity contribution < 1.29 is 14.1 Å². The number of allylic oxidation sites excluding steroid dienone is 1. The topological polar surface area (TPSA) is 142 Å². The summed E-state index contributed by atoms with van der Waals surface area (Å²) in [6.07, 6.45) is 1.49. The Morgan fingerprint density at radius 1 is 1.33 bits per heavy atom. The molecule has 0 spiro atoms. The first-order valence-electron chi connectivity index (χ1n) is 7.98. The summed E-state index contributed by atoms with van der Waals surface area (Å²) >= 11 is 0. The number of fused-ring (bicyclic) bond motifs is 1. The van der Waals surface area contributed by atoms with E-state index >= 15 is 0 Å². The Morgan fingerprint density at radius 3 is 2.78 bits per heavy atom. The number of carbonyl (C=O) groups excluding carboxylic acids is 1. The molecule has 3 aromatic rings. The summed E-state index contributed by atoms with van der Waals surface area (Å²) in [5.74, 6) is 0.332. The van der Waals surface area contributed by atoms with E-state index in [0.717, 1.165) is 0 Å². The van der Waals surface area contributed by atoms with E-state index < -0.39 is 16.9 Å². The highest BCUT2D eigenvalue weighted by Crippen LogP contribution is 2.39. The van der Waals surface area contributed by atoms with Crippen molar-refractivity contribution in [2.75, 3.05) is 5.32 Å². The van der Waals surface area contributed by atoms with E-state index in [2.05, 4.69) is 15.4 Å². The number of aromatic nitrogens is 3. The third kappa shape index (κ3) is 2.63. The molecule has 0 bridgehead atoms. The van der Waals surface area contributed by atoms with Crippen LogP contribution in [-0.2, 0) is 4.79 Å². The third-order valence-electron chi connectivity index (χ3n) is 4.29. The molecule has 3 heterocycles. The number of hydrogen-bond donors (Lipinski definition) is 2. The number of primary amides is 1. The highest BCUT2D eigenvalue weighted by atomic mass is 16.6. The largest absolute Gasteiger partial charge is 0.461 e. The van der Waals surface area contributed by atoms with Gasteiger partial charge in [0.2, 0.25) is 17.7 Å². The van der Waals surface area contributed by atoms with Gasteiger partial charge in [-0.1, -0.05) is 12.1 Å². The molecule has 1 unspecified atom stereocenters. The van der Waals surface area contributed by atoms with Crippen LogP contribution in [0.1, 0.15) is 18.5 Å². The van der Waals surface area contributed by atoms with E-state index in [0.29, 0.717) is 17.4 Å². The van der Waals surface area contributed by atoms with Crippen LogP contribution in [0.15, 0.2) is 58.3 Å². The number of nitrogens with two attached hydrogens (primary N) is 1. The van der Waals surface area contributed by atoms with E-state index in [1.165, 1.54) is 17.0 Å². The molecule has 0 fully saturated rings. The number of nitrogens with zero attached hydrogens (tertiary/aromatic N) is 4. The van der Waals surface area contributed by atoms with Gasteiger partial charge in [0.25, 0.3) is 5.69 Å². The van der Waals surface area contributed by atoms with Gasteiger partial charge in [-0.25, -0.2) is 4.68 Å². The molecule has 0 saturated carbocycles. The molecule has 1 aliphatic rings. The minimum Gasteiger partial charge on any atom is -0.461 e. The number of nitrogens with one attached hydrogen (secondary N) is 1. The van der Waals surface area contributed by atoms with Crippen LogP contribution in [0.3, 0.4) is 0 Å². The molecule has 0 saturated heterocycles. The SMILES string of the molecule is CC1=C(C(N)=O)C(c2ccccc2[N+](=O)[O-])n2nc(-c3ccco3)nc2N1. The predicted molar refractivity (Wildman–Crippen MR) is 94.5 cm³/mol. The summed E-state index contributed by atoms with van der Waals surface area (Å²) in [6, 6.07) is 8.65. The lowest BCUT2D eigenvalue weighted by atomic mass is 9.94. The van der Waals surface area contributed by atoms with Crippen LogP contribution >= 0.6 is 0 Å². The fourth-order valence-electron chi connectivity index (χ4n) is 3.15. The molecular weight excluding hydrogens is 352 g/mol. The highest BCUT2D eigenvalue weighted by molar-refractivity contribution is 5.95. The van der Waals surface area contributed by atoms with E-state index in [-0.39, 0.29) is 22.6 Å². The molecule has 3 N–H and O–H groups in total. The Balaban J connectivity index is 1.96. The molecule has 1 amide bonds. The number of hydrogen-bond acceptors (Lipinski definition) is 7. The first-order chi connectivity index (χ1) is 13.0. The van der Waals surface area contributed by atoms with Crippen LogP contribution in [0.25, 0.3) is 11.6 Å². The van der Waals surface area contributed by atoms with Gasteiger partial charge in [0.05, 0.1) is 22.3 Å². The zero-order chi connectivity index (χ0) is 19.1. The van der Waals surface area contributed by atoms with Crippen LogP contribution in [0, 0.1) is 10.1 Å². The first kappa shape index (κ1) is 16.5. The molecule has 10 heteroatoms. The average molecular weight is 366 g/mol. The van der Waals surface area contributed by atoms with E-state index in [9.17, 15) is 14.9 Å². The number of nitro groups is 1. The first-order valence-corrected chi connectivity index (χ1v) is 7.98. The lowest BCUT2D eigenvalue weighted by molar-refractivity contribution is -0.385. The minimum atomic E-state index is -0.892. The van der Waals surface area contributed by atoms with Gasteiger partial charge in [0.1, 0.15) is 6.04 Å². The smallest absolute Gasteiger partial charge is 0.275 e. The molecular formula is C17H14N6O4. The van der Waals surface area contributed by atoms with Crippen molar-refractivity contribution in [3.05, 3.63) is 69.6 Å². The summed E-state index contributed by atoms with van der Waals surface area (Å²) in [7, 11) is 0. The summed E-state index contributed by atoms with van der Waals surface area (Å²) in [5, 5.41) is 18.9. The van der Waals surface area contributed by atoms with E-state index in [1.54, 1.807) is 37.3 Å². The van der Waals surface area contributed by atoms with Crippen molar-refractivity contribution in [3.8, 4) is 11.6 Å². The number of benzene rings is 1. The van der Waals surface area contributed by atoms with Crippen LogP contribution in [0.5, 0.6) is 0 Å². The Bertz CT molecular complexity index is 1080. The van der Waals surface area contributed by atoms with Gasteiger partial charge in [0, 0.05) is 11.8 Å². The second kappa shape index (κ2) is 6.09. The van der Waals surface area contributed by atoms with Gasteiger partial charge in [-0.05, 0) is 25.1 Å². The van der Waals surface area contributed by atoms with Crippen LogP contribution in [0.4, 0.5) is 11.6 Å². The zero-order valence-corrected chi connectivity index (χ0v) is 14.1. The monoisotopic (exact) mass is 366 g/mol. The van der Waals surface area contributed by atoms with Gasteiger partial charge in [-0.15, -0.1) is 5.10 Å². The van der Waals surface area contributed by atoms with Gasteiger partial charge >= 0.3 is 0 Å². The van der Waals surface area contributed by atoms with Gasteiger partial charge < -0.3 is 15.5 Å². The highest BCUT2D eigenvalue weighted by Gasteiger charge is 2.37. The number of nitro benzene ring substituents is 1. The van der Waals surface area contributed by atoms with Gasteiger partial charge in [-0.2, -0.15) is 4.98 Å². The van der Waals surface area contributed by atoms with Crippen molar-refractivity contribution in [1.29, 1.82) is 0 Å². The number of amides is 1. The zero-order valence-electron chi connectivity index (χ0n) is 14.1. The van der Waals surface area contributed by atoms with E-state index in [4.69, 9.17) is 10.2 Å². The maximum atomic E-state index is 12.1. The van der Waals surface area contributed by atoms with Crippen LogP contribution < -0.4 is 11.1 Å². The number of rotatable bonds is 4. The van der Waals surface area contributed by atoms with Crippen molar-refractivity contribution in [1.82, 2.24) is 14.8 Å².